The SMILES string of the molecule is Cc1ccc(C(Cl)c2cc(Cl)sc2Cl)cc1C. The van der Waals surface area contributed by atoms with E-state index in [-0.39, 0.29) is 5.38 Å². The van der Waals surface area contributed by atoms with E-state index in [4.69, 9.17) is 34.8 Å². The third kappa shape index (κ3) is 2.79. The zero-order chi connectivity index (χ0) is 12.6. The van der Waals surface area contributed by atoms with E-state index >= 15 is 0 Å². The molecule has 0 nitrogen and oxygen atoms in total. The minimum Gasteiger partial charge on any atom is -0.113 e. The van der Waals surface area contributed by atoms with Crippen molar-refractivity contribution in [2.24, 2.45) is 0 Å². The second-order valence-electron chi connectivity index (χ2n) is 3.99. The summed E-state index contributed by atoms with van der Waals surface area (Å²) in [5.74, 6) is 0. The smallest absolute Gasteiger partial charge is 0.0994 e. The molecule has 2 aromatic rings. The summed E-state index contributed by atoms with van der Waals surface area (Å²) in [6.07, 6.45) is 0. The van der Waals surface area contributed by atoms with Gasteiger partial charge in [0.2, 0.25) is 0 Å². The van der Waals surface area contributed by atoms with Gasteiger partial charge in [-0.05, 0) is 36.6 Å². The van der Waals surface area contributed by atoms with Crippen molar-refractivity contribution in [1.29, 1.82) is 0 Å². The summed E-state index contributed by atoms with van der Waals surface area (Å²) in [6.45, 7) is 4.15. The fourth-order valence-corrected chi connectivity index (χ4v) is 3.59. The predicted molar refractivity (Wildman–Crippen MR) is 78.0 cm³/mol. The molecule has 1 aromatic heterocycles. The van der Waals surface area contributed by atoms with Crippen molar-refractivity contribution in [3.8, 4) is 0 Å². The molecule has 0 N–H and O–H groups in total. The van der Waals surface area contributed by atoms with Crippen LogP contribution in [0.15, 0.2) is 24.3 Å². The highest BCUT2D eigenvalue weighted by Gasteiger charge is 2.17. The molecule has 0 radical (unpaired) electrons. The largest absolute Gasteiger partial charge is 0.113 e. The summed E-state index contributed by atoms with van der Waals surface area (Å²) in [6, 6.07) is 8.03. The van der Waals surface area contributed by atoms with E-state index in [9.17, 15) is 0 Å². The number of hydrogen-bond acceptors (Lipinski definition) is 1. The van der Waals surface area contributed by atoms with E-state index in [2.05, 4.69) is 26.0 Å². The summed E-state index contributed by atoms with van der Waals surface area (Å²) >= 11 is 19.8. The molecule has 17 heavy (non-hydrogen) atoms. The van der Waals surface area contributed by atoms with E-state index < -0.39 is 0 Å². The molecule has 0 aliphatic rings. The molecule has 0 aliphatic carbocycles. The Morgan fingerprint density at radius 1 is 1.06 bits per heavy atom. The molecule has 1 heterocycles. The molecule has 90 valence electrons. The third-order valence-electron chi connectivity index (χ3n) is 2.78. The highest BCUT2D eigenvalue weighted by molar-refractivity contribution is 7.20. The Hall–Kier alpha value is -0.210. The maximum Gasteiger partial charge on any atom is 0.0994 e. The number of aryl methyl sites for hydroxylation is 2. The Bertz CT molecular complexity index is 546. The Balaban J connectivity index is 2.40. The van der Waals surface area contributed by atoms with Crippen molar-refractivity contribution in [2.75, 3.05) is 0 Å². The van der Waals surface area contributed by atoms with Gasteiger partial charge in [0.05, 0.1) is 14.0 Å². The molecule has 0 fully saturated rings. The van der Waals surface area contributed by atoms with Crippen molar-refractivity contribution >= 4 is 46.1 Å². The van der Waals surface area contributed by atoms with Crippen molar-refractivity contribution < 1.29 is 0 Å². The Kier molecular flexibility index (Phi) is 4.04. The van der Waals surface area contributed by atoms with Crippen molar-refractivity contribution in [1.82, 2.24) is 0 Å². The van der Waals surface area contributed by atoms with E-state index in [0.29, 0.717) is 8.67 Å². The molecule has 0 aliphatic heterocycles. The van der Waals surface area contributed by atoms with Crippen LogP contribution in [0.5, 0.6) is 0 Å². The summed E-state index contributed by atoms with van der Waals surface area (Å²) < 4.78 is 1.33. The van der Waals surface area contributed by atoms with Crippen LogP contribution in [0.4, 0.5) is 0 Å². The van der Waals surface area contributed by atoms with Gasteiger partial charge >= 0.3 is 0 Å². The number of alkyl halides is 1. The first kappa shape index (κ1) is 13.2. The topological polar surface area (TPSA) is 0 Å². The highest BCUT2D eigenvalue weighted by Crippen LogP contribution is 2.40. The predicted octanol–water partition coefficient (Wildman–Crippen LogP) is 6.00. The Morgan fingerprint density at radius 2 is 1.76 bits per heavy atom. The van der Waals surface area contributed by atoms with Crippen LogP contribution in [0.2, 0.25) is 8.67 Å². The first-order valence-electron chi connectivity index (χ1n) is 5.15. The monoisotopic (exact) mass is 304 g/mol. The second-order valence-corrected chi connectivity index (χ2v) is 6.71. The van der Waals surface area contributed by atoms with Crippen LogP contribution in [0.1, 0.15) is 27.6 Å². The van der Waals surface area contributed by atoms with E-state index in [1.165, 1.54) is 22.5 Å². The number of halogens is 3. The van der Waals surface area contributed by atoms with E-state index in [1.54, 1.807) is 0 Å². The lowest BCUT2D eigenvalue weighted by Crippen LogP contribution is -1.93. The second kappa shape index (κ2) is 5.19. The average Bonchev–Trinajstić information content (AvgIpc) is 2.61. The number of thiophene rings is 1. The van der Waals surface area contributed by atoms with Gasteiger partial charge in [-0.3, -0.25) is 0 Å². The zero-order valence-corrected chi connectivity index (χ0v) is 12.5. The van der Waals surface area contributed by atoms with Crippen molar-refractivity contribution in [3.05, 3.63) is 55.2 Å². The molecule has 2 rings (SSSR count). The molecule has 4 heteroatoms. The molecule has 0 amide bonds. The van der Waals surface area contributed by atoms with Crippen LogP contribution in [-0.2, 0) is 0 Å². The summed E-state index contributed by atoms with van der Waals surface area (Å²) in [5, 5.41) is -0.245. The molecule has 1 atom stereocenters. The first-order valence-corrected chi connectivity index (χ1v) is 7.16. The fraction of sp³-hybridized carbons (Fsp3) is 0.231. The summed E-state index contributed by atoms with van der Waals surface area (Å²) in [7, 11) is 0. The quantitative estimate of drug-likeness (QED) is 0.597. The number of hydrogen-bond donors (Lipinski definition) is 0. The van der Waals surface area contributed by atoms with Crippen molar-refractivity contribution in [3.63, 3.8) is 0 Å². The van der Waals surface area contributed by atoms with Crippen molar-refractivity contribution in [2.45, 2.75) is 19.2 Å². The lowest BCUT2D eigenvalue weighted by molar-refractivity contribution is 1.14. The van der Waals surface area contributed by atoms with Gasteiger partial charge in [-0.15, -0.1) is 22.9 Å². The molecular weight excluding hydrogens is 295 g/mol. The first-order chi connectivity index (χ1) is 7.99. The van der Waals surface area contributed by atoms with Crippen LogP contribution in [0, 0.1) is 13.8 Å². The van der Waals surface area contributed by atoms with Gasteiger partial charge in [-0.1, -0.05) is 41.4 Å². The third-order valence-corrected chi connectivity index (χ3v) is 4.78. The van der Waals surface area contributed by atoms with E-state index in [0.717, 1.165) is 11.1 Å². The number of benzene rings is 1. The van der Waals surface area contributed by atoms with Gasteiger partial charge in [0, 0.05) is 5.56 Å². The molecule has 0 spiro atoms. The lowest BCUT2D eigenvalue weighted by atomic mass is 10.0. The molecule has 1 aromatic carbocycles. The van der Waals surface area contributed by atoms with Crippen LogP contribution < -0.4 is 0 Å². The summed E-state index contributed by atoms with van der Waals surface area (Å²) in [4.78, 5) is 0. The fourth-order valence-electron chi connectivity index (χ4n) is 1.63. The van der Waals surface area contributed by atoms with Gasteiger partial charge in [-0.2, -0.15) is 0 Å². The van der Waals surface area contributed by atoms with Crippen LogP contribution in [0.25, 0.3) is 0 Å². The molecular formula is C13H11Cl3S. The molecule has 0 saturated heterocycles. The van der Waals surface area contributed by atoms with Crippen LogP contribution in [0.3, 0.4) is 0 Å². The highest BCUT2D eigenvalue weighted by atomic mass is 35.5. The van der Waals surface area contributed by atoms with Gasteiger partial charge < -0.3 is 0 Å². The van der Waals surface area contributed by atoms with Gasteiger partial charge in [0.25, 0.3) is 0 Å². The van der Waals surface area contributed by atoms with Gasteiger partial charge in [0.15, 0.2) is 0 Å². The minimum atomic E-state index is -0.245. The molecule has 0 bridgehead atoms. The maximum atomic E-state index is 6.44. The minimum absolute atomic E-state index is 0.245. The zero-order valence-electron chi connectivity index (χ0n) is 9.43. The van der Waals surface area contributed by atoms with Crippen LogP contribution >= 0.6 is 46.1 Å². The van der Waals surface area contributed by atoms with Gasteiger partial charge in [-0.25, -0.2) is 0 Å². The Morgan fingerprint density at radius 3 is 2.29 bits per heavy atom. The normalized spacial score (nSPS) is 12.8. The standard InChI is InChI=1S/C13H11Cl3S/c1-7-3-4-9(5-8(7)2)12(15)10-6-11(14)17-13(10)16/h3-6,12H,1-2H3. The lowest BCUT2D eigenvalue weighted by Gasteiger charge is -2.11. The van der Waals surface area contributed by atoms with Gasteiger partial charge in [0.1, 0.15) is 0 Å². The molecule has 1 unspecified atom stereocenters. The molecule has 0 saturated carbocycles. The average molecular weight is 306 g/mol. The summed E-state index contributed by atoms with van der Waals surface area (Å²) in [5.41, 5.74) is 4.41. The number of rotatable bonds is 2. The maximum absolute atomic E-state index is 6.44. The Labute approximate surface area is 120 Å². The van der Waals surface area contributed by atoms with E-state index in [1.807, 2.05) is 12.1 Å². The van der Waals surface area contributed by atoms with Crippen LogP contribution in [-0.4, -0.2) is 0 Å².